The predicted octanol–water partition coefficient (Wildman–Crippen LogP) is 2.83. The molecule has 0 aromatic heterocycles. The summed E-state index contributed by atoms with van der Waals surface area (Å²) in [5.74, 6) is 1.36. The highest BCUT2D eigenvalue weighted by molar-refractivity contribution is 6.04. The average Bonchev–Trinajstić information content (AvgIpc) is 2.49. The number of hydrogen-bond donors (Lipinski definition) is 1. The number of methoxy groups -OCH3 is 2. The van der Waals surface area contributed by atoms with Crippen molar-refractivity contribution in [1.29, 1.82) is 0 Å². The Morgan fingerprint density at radius 3 is 2.45 bits per heavy atom. The molecule has 1 aliphatic carbocycles. The van der Waals surface area contributed by atoms with Crippen molar-refractivity contribution in [1.82, 2.24) is 0 Å². The fourth-order valence-electron chi connectivity index (χ4n) is 2.71. The van der Waals surface area contributed by atoms with Gasteiger partial charge < -0.3 is 14.6 Å². The molecule has 0 heterocycles. The molecule has 0 bridgehead atoms. The zero-order chi connectivity index (χ0) is 14.8. The van der Waals surface area contributed by atoms with Crippen molar-refractivity contribution in [3.05, 3.63) is 23.8 Å². The zero-order valence-electron chi connectivity index (χ0n) is 12.3. The molecule has 0 radical (unpaired) electrons. The van der Waals surface area contributed by atoms with Gasteiger partial charge in [-0.15, -0.1) is 0 Å². The summed E-state index contributed by atoms with van der Waals surface area (Å²) in [6.07, 6.45) is 2.75. The van der Waals surface area contributed by atoms with E-state index in [2.05, 4.69) is 6.92 Å². The largest absolute Gasteiger partial charge is 0.497 e. The molecular formula is C16H22O4. The van der Waals surface area contributed by atoms with Crippen molar-refractivity contribution in [3.8, 4) is 11.5 Å². The lowest BCUT2D eigenvalue weighted by atomic mass is 9.75. The van der Waals surface area contributed by atoms with Crippen LogP contribution in [-0.2, 0) is 0 Å². The molecule has 0 saturated heterocycles. The molecule has 2 rings (SSSR count). The normalized spacial score (nSPS) is 26.1. The molecular weight excluding hydrogens is 256 g/mol. The van der Waals surface area contributed by atoms with Crippen LogP contribution < -0.4 is 9.47 Å². The van der Waals surface area contributed by atoms with Gasteiger partial charge in [-0.3, -0.25) is 4.79 Å². The maximum Gasteiger partial charge on any atom is 0.198 e. The van der Waals surface area contributed by atoms with Crippen LogP contribution in [0.25, 0.3) is 0 Å². The molecule has 1 saturated carbocycles. The molecule has 1 fully saturated rings. The van der Waals surface area contributed by atoms with Crippen LogP contribution >= 0.6 is 0 Å². The first kappa shape index (κ1) is 14.9. The third kappa shape index (κ3) is 2.80. The number of rotatable bonds is 4. The molecule has 20 heavy (non-hydrogen) atoms. The van der Waals surface area contributed by atoms with E-state index in [0.717, 1.165) is 12.8 Å². The highest BCUT2D eigenvalue weighted by atomic mass is 16.5. The fraction of sp³-hybridized carbons (Fsp3) is 0.562. The lowest BCUT2D eigenvalue weighted by Crippen LogP contribution is -2.42. The summed E-state index contributed by atoms with van der Waals surface area (Å²) >= 11 is 0. The van der Waals surface area contributed by atoms with Gasteiger partial charge in [0.25, 0.3) is 0 Å². The Bertz CT molecular complexity index is 487. The summed E-state index contributed by atoms with van der Waals surface area (Å²) in [7, 11) is 3.07. The minimum atomic E-state index is -1.27. The van der Waals surface area contributed by atoms with Crippen LogP contribution in [0, 0.1) is 5.92 Å². The summed E-state index contributed by atoms with van der Waals surface area (Å²) in [6.45, 7) is 2.15. The van der Waals surface area contributed by atoms with Gasteiger partial charge in [0.05, 0.1) is 19.8 Å². The van der Waals surface area contributed by atoms with Gasteiger partial charge in [-0.25, -0.2) is 0 Å². The van der Waals surface area contributed by atoms with Crippen molar-refractivity contribution >= 4 is 5.78 Å². The van der Waals surface area contributed by atoms with Crippen molar-refractivity contribution < 1.29 is 19.4 Å². The van der Waals surface area contributed by atoms with Crippen LogP contribution in [-0.4, -0.2) is 30.7 Å². The van der Waals surface area contributed by atoms with E-state index in [4.69, 9.17) is 9.47 Å². The molecule has 0 amide bonds. The van der Waals surface area contributed by atoms with E-state index in [1.807, 2.05) is 0 Å². The van der Waals surface area contributed by atoms with Gasteiger partial charge in [0, 0.05) is 0 Å². The van der Waals surface area contributed by atoms with Crippen molar-refractivity contribution in [2.45, 2.75) is 38.2 Å². The lowest BCUT2D eigenvalue weighted by molar-refractivity contribution is 0.00403. The van der Waals surface area contributed by atoms with E-state index in [0.29, 0.717) is 35.8 Å². The molecule has 1 aliphatic rings. The van der Waals surface area contributed by atoms with E-state index >= 15 is 0 Å². The van der Waals surface area contributed by atoms with Gasteiger partial charge in [-0.2, -0.15) is 0 Å². The van der Waals surface area contributed by atoms with Crippen molar-refractivity contribution in [2.75, 3.05) is 14.2 Å². The third-order valence-electron chi connectivity index (χ3n) is 4.18. The van der Waals surface area contributed by atoms with Crippen LogP contribution in [0.1, 0.15) is 43.0 Å². The fourth-order valence-corrected chi connectivity index (χ4v) is 2.71. The Kier molecular flexibility index (Phi) is 4.33. The monoisotopic (exact) mass is 278 g/mol. The molecule has 1 aromatic rings. The Hall–Kier alpha value is -1.55. The highest BCUT2D eigenvalue weighted by Crippen LogP contribution is 2.37. The second kappa shape index (κ2) is 5.83. The van der Waals surface area contributed by atoms with Gasteiger partial charge in [-0.05, 0) is 49.8 Å². The molecule has 4 heteroatoms. The van der Waals surface area contributed by atoms with Crippen molar-refractivity contribution in [2.24, 2.45) is 5.92 Å². The van der Waals surface area contributed by atoms with E-state index in [-0.39, 0.29) is 5.78 Å². The Labute approximate surface area is 119 Å². The lowest BCUT2D eigenvalue weighted by Gasteiger charge is -2.33. The van der Waals surface area contributed by atoms with Gasteiger partial charge in [0.1, 0.15) is 17.1 Å². The molecule has 0 atom stereocenters. The topological polar surface area (TPSA) is 55.8 Å². The predicted molar refractivity (Wildman–Crippen MR) is 76.5 cm³/mol. The zero-order valence-corrected chi connectivity index (χ0v) is 12.3. The van der Waals surface area contributed by atoms with E-state index < -0.39 is 5.60 Å². The van der Waals surface area contributed by atoms with Gasteiger partial charge in [-0.1, -0.05) is 6.92 Å². The minimum absolute atomic E-state index is 0.264. The van der Waals surface area contributed by atoms with Crippen LogP contribution in [0.15, 0.2) is 18.2 Å². The minimum Gasteiger partial charge on any atom is -0.497 e. The molecule has 1 N–H and O–H groups in total. The first-order chi connectivity index (χ1) is 9.50. The van der Waals surface area contributed by atoms with Gasteiger partial charge in [0.2, 0.25) is 0 Å². The summed E-state index contributed by atoms with van der Waals surface area (Å²) < 4.78 is 10.4. The van der Waals surface area contributed by atoms with E-state index in [1.165, 1.54) is 7.11 Å². The number of Topliss-reactive ketones (excluding diaryl/α,β-unsaturated/α-hetero) is 1. The molecule has 1 aromatic carbocycles. The Morgan fingerprint density at radius 1 is 1.25 bits per heavy atom. The van der Waals surface area contributed by atoms with Gasteiger partial charge in [0.15, 0.2) is 5.78 Å². The van der Waals surface area contributed by atoms with E-state index in [9.17, 15) is 9.90 Å². The number of aliphatic hydroxyl groups is 1. The first-order valence-corrected chi connectivity index (χ1v) is 6.99. The standard InChI is InChI=1S/C16H22O4/c1-11-6-8-16(18,9-7-11)15(17)13-10-12(19-2)4-5-14(13)20-3/h4-5,10-11,18H,6-9H2,1-3H3. The Morgan fingerprint density at radius 2 is 1.90 bits per heavy atom. The van der Waals surface area contributed by atoms with Crippen molar-refractivity contribution in [3.63, 3.8) is 0 Å². The number of benzene rings is 1. The SMILES string of the molecule is COc1ccc(OC)c(C(=O)C2(O)CCC(C)CC2)c1. The second-order valence-electron chi connectivity index (χ2n) is 5.61. The van der Waals surface area contributed by atoms with Crippen LogP contribution in [0.4, 0.5) is 0 Å². The number of hydrogen-bond acceptors (Lipinski definition) is 4. The maximum atomic E-state index is 12.7. The molecule has 4 nitrogen and oxygen atoms in total. The summed E-state index contributed by atoms with van der Waals surface area (Å²) in [5.41, 5.74) is -0.879. The second-order valence-corrected chi connectivity index (χ2v) is 5.61. The molecule has 0 spiro atoms. The maximum absolute atomic E-state index is 12.7. The molecule has 0 aliphatic heterocycles. The number of ether oxygens (including phenoxy) is 2. The summed E-state index contributed by atoms with van der Waals surface area (Å²) in [6, 6.07) is 5.07. The quantitative estimate of drug-likeness (QED) is 0.860. The number of carbonyl (C=O) groups excluding carboxylic acids is 1. The molecule has 110 valence electrons. The van der Waals surface area contributed by atoms with Crippen LogP contribution in [0.2, 0.25) is 0 Å². The van der Waals surface area contributed by atoms with E-state index in [1.54, 1.807) is 25.3 Å². The summed E-state index contributed by atoms with van der Waals surface area (Å²) in [4.78, 5) is 12.7. The average molecular weight is 278 g/mol. The number of carbonyl (C=O) groups is 1. The number of ketones is 1. The smallest absolute Gasteiger partial charge is 0.198 e. The van der Waals surface area contributed by atoms with Crippen LogP contribution in [0.5, 0.6) is 11.5 Å². The highest BCUT2D eigenvalue weighted by Gasteiger charge is 2.40. The van der Waals surface area contributed by atoms with Gasteiger partial charge >= 0.3 is 0 Å². The third-order valence-corrected chi connectivity index (χ3v) is 4.18. The Balaban J connectivity index is 2.32. The molecule has 0 unspecified atom stereocenters. The summed E-state index contributed by atoms with van der Waals surface area (Å²) in [5, 5.41) is 10.6. The van der Waals surface area contributed by atoms with Crippen LogP contribution in [0.3, 0.4) is 0 Å². The first-order valence-electron chi connectivity index (χ1n) is 6.99.